The maximum atomic E-state index is 6.10. The number of rotatable bonds is 6. The average Bonchev–Trinajstić information content (AvgIpc) is 2.31. The van der Waals surface area contributed by atoms with E-state index in [1.807, 2.05) is 12.1 Å². The number of nitrogens with two attached hydrogens (primary N) is 1. The van der Waals surface area contributed by atoms with Crippen LogP contribution in [-0.4, -0.2) is 11.6 Å². The lowest BCUT2D eigenvalue weighted by molar-refractivity contribution is 0.241. The number of hydrogen-bond donors (Lipinski definition) is 1. The Bertz CT molecular complexity index is 391. The first kappa shape index (κ1) is 14.3. The van der Waals surface area contributed by atoms with Crippen molar-refractivity contribution in [1.82, 2.24) is 0 Å². The molecule has 1 aromatic rings. The van der Waals surface area contributed by atoms with Gasteiger partial charge in [0.05, 0.1) is 11.6 Å². The predicted octanol–water partition coefficient (Wildman–Crippen LogP) is 3.79. The number of benzene rings is 1. The van der Waals surface area contributed by atoms with Gasteiger partial charge in [-0.3, -0.25) is 0 Å². The number of ether oxygens (including phenoxy) is 1. The van der Waals surface area contributed by atoms with E-state index >= 15 is 0 Å². The zero-order chi connectivity index (χ0) is 12.8. The fraction of sp³-hybridized carbons (Fsp3) is 0.462. The van der Waals surface area contributed by atoms with Crippen molar-refractivity contribution in [3.63, 3.8) is 0 Å². The third kappa shape index (κ3) is 4.17. The molecule has 0 saturated carbocycles. The summed E-state index contributed by atoms with van der Waals surface area (Å²) in [7, 11) is 0. The number of hydrogen-bond acceptors (Lipinski definition) is 2. The molecule has 0 radical (unpaired) electrons. The van der Waals surface area contributed by atoms with Gasteiger partial charge in [0.1, 0.15) is 10.7 Å². The maximum Gasteiger partial charge on any atom is 0.137 e. The lowest BCUT2D eigenvalue weighted by Crippen LogP contribution is -2.11. The molecular weight excluding hydrogens is 254 g/mol. The van der Waals surface area contributed by atoms with Crippen molar-refractivity contribution in [3.05, 3.63) is 28.8 Å². The lowest BCUT2D eigenvalue weighted by atomic mass is 10.1. The Hall–Kier alpha value is -0.800. The second-order valence-corrected chi connectivity index (χ2v) is 4.85. The van der Waals surface area contributed by atoms with E-state index in [1.54, 1.807) is 6.07 Å². The third-order valence-electron chi connectivity index (χ3n) is 2.85. The van der Waals surface area contributed by atoms with Crippen molar-refractivity contribution >= 4 is 28.8 Å². The van der Waals surface area contributed by atoms with Gasteiger partial charge < -0.3 is 10.5 Å². The Morgan fingerprint density at radius 2 is 2.06 bits per heavy atom. The van der Waals surface area contributed by atoms with Crippen LogP contribution in [0.3, 0.4) is 0 Å². The average molecular weight is 272 g/mol. The van der Waals surface area contributed by atoms with E-state index in [-0.39, 0.29) is 0 Å². The Kier molecular flexibility index (Phi) is 5.72. The largest absolute Gasteiger partial charge is 0.492 e. The molecule has 0 bridgehead atoms. The summed E-state index contributed by atoms with van der Waals surface area (Å²) in [6, 6.07) is 5.39. The van der Waals surface area contributed by atoms with E-state index in [4.69, 9.17) is 34.3 Å². The zero-order valence-electron chi connectivity index (χ0n) is 10.2. The van der Waals surface area contributed by atoms with Crippen LogP contribution < -0.4 is 10.5 Å². The van der Waals surface area contributed by atoms with Gasteiger partial charge in [0.15, 0.2) is 0 Å². The summed E-state index contributed by atoms with van der Waals surface area (Å²) in [6.45, 7) is 5.02. The first-order valence-electron chi connectivity index (χ1n) is 5.80. The quantitative estimate of drug-likeness (QED) is 0.800. The van der Waals surface area contributed by atoms with E-state index in [2.05, 4.69) is 13.8 Å². The summed E-state index contributed by atoms with van der Waals surface area (Å²) < 4.78 is 5.70. The minimum atomic E-state index is 0.346. The molecule has 0 spiro atoms. The summed E-state index contributed by atoms with van der Waals surface area (Å²) in [6.07, 6.45) is 2.22. The van der Waals surface area contributed by atoms with Gasteiger partial charge in [-0.1, -0.05) is 50.5 Å². The second kappa shape index (κ2) is 6.82. The molecule has 17 heavy (non-hydrogen) atoms. The zero-order valence-corrected chi connectivity index (χ0v) is 11.8. The van der Waals surface area contributed by atoms with Crippen LogP contribution in [0.15, 0.2) is 18.2 Å². The van der Waals surface area contributed by atoms with Gasteiger partial charge in [-0.25, -0.2) is 0 Å². The van der Waals surface area contributed by atoms with Crippen LogP contribution in [0.25, 0.3) is 0 Å². The van der Waals surface area contributed by atoms with Crippen LogP contribution in [0.2, 0.25) is 5.02 Å². The molecule has 0 unspecified atom stereocenters. The van der Waals surface area contributed by atoms with Crippen molar-refractivity contribution in [1.29, 1.82) is 0 Å². The molecule has 0 aliphatic carbocycles. The minimum Gasteiger partial charge on any atom is -0.492 e. The van der Waals surface area contributed by atoms with Crippen molar-refractivity contribution in [2.75, 3.05) is 6.61 Å². The Morgan fingerprint density at radius 1 is 1.41 bits per heavy atom. The van der Waals surface area contributed by atoms with Gasteiger partial charge in [-0.15, -0.1) is 0 Å². The molecule has 0 aromatic heterocycles. The molecule has 0 atom stereocenters. The molecule has 0 fully saturated rings. The fourth-order valence-corrected chi connectivity index (χ4v) is 1.87. The smallest absolute Gasteiger partial charge is 0.137 e. The Labute approximate surface area is 113 Å². The Balaban J connectivity index is 2.69. The molecule has 0 aliphatic heterocycles. The molecule has 0 heterocycles. The first-order valence-corrected chi connectivity index (χ1v) is 6.59. The third-order valence-corrected chi connectivity index (χ3v) is 3.38. The lowest BCUT2D eigenvalue weighted by Gasteiger charge is -2.15. The molecule has 0 aliphatic rings. The highest BCUT2D eigenvalue weighted by Gasteiger charge is 2.08. The van der Waals surface area contributed by atoms with Crippen LogP contribution >= 0.6 is 23.8 Å². The standard InChI is InChI=1S/C13H18ClNOS/c1-3-9(4-2)8-16-12-6-5-10(13(15)17)7-11(12)14/h5-7,9H,3-4,8H2,1-2H3,(H2,15,17). The van der Waals surface area contributed by atoms with Crippen LogP contribution in [0, 0.1) is 5.92 Å². The van der Waals surface area contributed by atoms with E-state index in [9.17, 15) is 0 Å². The monoisotopic (exact) mass is 271 g/mol. The predicted molar refractivity (Wildman–Crippen MR) is 76.9 cm³/mol. The summed E-state index contributed by atoms with van der Waals surface area (Å²) in [5.41, 5.74) is 6.29. The molecule has 2 nitrogen and oxygen atoms in total. The highest BCUT2D eigenvalue weighted by molar-refractivity contribution is 7.80. The number of thiocarbonyl (C=S) groups is 1. The van der Waals surface area contributed by atoms with Gasteiger partial charge in [0.2, 0.25) is 0 Å². The first-order chi connectivity index (χ1) is 8.08. The molecule has 94 valence electrons. The highest BCUT2D eigenvalue weighted by atomic mass is 35.5. The van der Waals surface area contributed by atoms with Crippen LogP contribution in [0.1, 0.15) is 32.3 Å². The van der Waals surface area contributed by atoms with Crippen LogP contribution in [0.5, 0.6) is 5.75 Å². The van der Waals surface area contributed by atoms with Gasteiger partial charge in [0, 0.05) is 5.56 Å². The van der Waals surface area contributed by atoms with E-state index in [1.165, 1.54) is 0 Å². The molecule has 4 heteroatoms. The molecular formula is C13H18ClNOS. The summed E-state index contributed by atoms with van der Waals surface area (Å²) in [5.74, 6) is 1.26. The van der Waals surface area contributed by atoms with Crippen LogP contribution in [-0.2, 0) is 0 Å². The highest BCUT2D eigenvalue weighted by Crippen LogP contribution is 2.26. The van der Waals surface area contributed by atoms with E-state index < -0.39 is 0 Å². The van der Waals surface area contributed by atoms with Crippen molar-refractivity contribution < 1.29 is 4.74 Å². The van der Waals surface area contributed by atoms with Gasteiger partial charge in [-0.05, 0) is 24.1 Å². The second-order valence-electron chi connectivity index (χ2n) is 4.00. The Morgan fingerprint density at radius 3 is 2.53 bits per heavy atom. The summed E-state index contributed by atoms with van der Waals surface area (Å²) >= 11 is 11.0. The fourth-order valence-electron chi connectivity index (χ4n) is 1.50. The SMILES string of the molecule is CCC(CC)COc1ccc(C(N)=S)cc1Cl. The summed E-state index contributed by atoms with van der Waals surface area (Å²) in [5, 5.41) is 0.557. The van der Waals surface area contributed by atoms with Crippen molar-refractivity contribution in [3.8, 4) is 5.75 Å². The molecule has 0 amide bonds. The topological polar surface area (TPSA) is 35.2 Å². The molecule has 0 saturated heterocycles. The number of halogens is 1. The molecule has 1 aromatic carbocycles. The van der Waals surface area contributed by atoms with E-state index in [0.717, 1.165) is 18.4 Å². The minimum absolute atomic E-state index is 0.346. The van der Waals surface area contributed by atoms with Crippen molar-refractivity contribution in [2.45, 2.75) is 26.7 Å². The van der Waals surface area contributed by atoms with Gasteiger partial charge >= 0.3 is 0 Å². The van der Waals surface area contributed by atoms with Crippen LogP contribution in [0.4, 0.5) is 0 Å². The van der Waals surface area contributed by atoms with Gasteiger partial charge in [0.25, 0.3) is 0 Å². The van der Waals surface area contributed by atoms with E-state index in [0.29, 0.717) is 28.3 Å². The molecule has 2 N–H and O–H groups in total. The molecule has 1 rings (SSSR count). The van der Waals surface area contributed by atoms with Gasteiger partial charge in [-0.2, -0.15) is 0 Å². The summed E-state index contributed by atoms with van der Waals surface area (Å²) in [4.78, 5) is 0.346. The van der Waals surface area contributed by atoms with Crippen molar-refractivity contribution in [2.24, 2.45) is 11.7 Å². The maximum absolute atomic E-state index is 6.10. The normalized spacial score (nSPS) is 10.6.